The van der Waals surface area contributed by atoms with Gasteiger partial charge in [0.2, 0.25) is 0 Å². The number of hydrogen-bond acceptors (Lipinski definition) is 2. The van der Waals surface area contributed by atoms with E-state index in [-0.39, 0.29) is 17.7 Å². The largest absolute Gasteiger partial charge is 0.324 e. The van der Waals surface area contributed by atoms with Crippen LogP contribution in [-0.2, 0) is 6.54 Å². The zero-order valence-corrected chi connectivity index (χ0v) is 17.9. The first kappa shape index (κ1) is 22.4. The zero-order valence-electron chi connectivity index (χ0n) is 17.9. The Morgan fingerprint density at radius 2 is 1.67 bits per heavy atom. The highest BCUT2D eigenvalue weighted by molar-refractivity contribution is 6.07. The summed E-state index contributed by atoms with van der Waals surface area (Å²) in [7, 11) is 0. The summed E-state index contributed by atoms with van der Waals surface area (Å²) in [6, 6.07) is 13.6. The minimum Gasteiger partial charge on any atom is -0.320 e. The summed E-state index contributed by atoms with van der Waals surface area (Å²) in [6.45, 7) is 2.39. The van der Waals surface area contributed by atoms with Crippen molar-refractivity contribution in [3.05, 3.63) is 94.8 Å². The SMILES string of the molecule is Cc1ccc(N2CCCN(Cc3c(F)cccc3F)C2=O)c(NC(=O)c2ccc(F)cc2)c1. The lowest BCUT2D eigenvalue weighted by Gasteiger charge is -2.36. The van der Waals surface area contributed by atoms with Crippen molar-refractivity contribution in [2.75, 3.05) is 23.3 Å². The summed E-state index contributed by atoms with van der Waals surface area (Å²) in [6.07, 6.45) is 0.584. The van der Waals surface area contributed by atoms with E-state index in [4.69, 9.17) is 0 Å². The summed E-state index contributed by atoms with van der Waals surface area (Å²) in [5.74, 6) is -2.31. The lowest BCUT2D eigenvalue weighted by Crippen LogP contribution is -2.49. The number of anilines is 2. The first-order valence-electron chi connectivity index (χ1n) is 10.5. The lowest BCUT2D eigenvalue weighted by molar-refractivity contribution is 0.102. The van der Waals surface area contributed by atoms with Gasteiger partial charge < -0.3 is 10.2 Å². The van der Waals surface area contributed by atoms with Gasteiger partial charge in [0.1, 0.15) is 17.5 Å². The maximum atomic E-state index is 14.1. The topological polar surface area (TPSA) is 52.6 Å². The molecular formula is C25H22F3N3O2. The van der Waals surface area contributed by atoms with Crippen molar-refractivity contribution in [3.8, 4) is 0 Å². The van der Waals surface area contributed by atoms with E-state index < -0.39 is 29.4 Å². The van der Waals surface area contributed by atoms with Crippen LogP contribution in [0.2, 0.25) is 0 Å². The Morgan fingerprint density at radius 1 is 0.970 bits per heavy atom. The van der Waals surface area contributed by atoms with Crippen LogP contribution in [0.5, 0.6) is 0 Å². The van der Waals surface area contributed by atoms with E-state index in [0.717, 1.165) is 17.7 Å². The van der Waals surface area contributed by atoms with E-state index in [1.54, 1.807) is 12.1 Å². The van der Waals surface area contributed by atoms with Crippen LogP contribution in [0.3, 0.4) is 0 Å². The van der Waals surface area contributed by atoms with Gasteiger partial charge in [0.25, 0.3) is 5.91 Å². The number of urea groups is 1. The fraction of sp³-hybridized carbons (Fsp3) is 0.200. The molecule has 3 aromatic carbocycles. The van der Waals surface area contributed by atoms with Gasteiger partial charge in [-0.15, -0.1) is 0 Å². The summed E-state index contributed by atoms with van der Waals surface area (Å²) in [4.78, 5) is 28.8. The molecule has 1 heterocycles. The molecule has 1 fully saturated rings. The molecule has 0 radical (unpaired) electrons. The van der Waals surface area contributed by atoms with Crippen LogP contribution < -0.4 is 10.2 Å². The molecule has 0 unspecified atom stereocenters. The highest BCUT2D eigenvalue weighted by Gasteiger charge is 2.30. The second kappa shape index (κ2) is 9.36. The first-order valence-corrected chi connectivity index (χ1v) is 10.5. The molecule has 3 aromatic rings. The normalized spacial score (nSPS) is 13.9. The second-order valence-corrected chi connectivity index (χ2v) is 7.89. The van der Waals surface area contributed by atoms with Crippen LogP contribution >= 0.6 is 0 Å². The van der Waals surface area contributed by atoms with Crippen LogP contribution in [0.25, 0.3) is 0 Å². The second-order valence-electron chi connectivity index (χ2n) is 7.89. The maximum absolute atomic E-state index is 14.1. The third kappa shape index (κ3) is 4.84. The van der Waals surface area contributed by atoms with Gasteiger partial charge in [-0.3, -0.25) is 9.69 Å². The van der Waals surface area contributed by atoms with Gasteiger partial charge in [-0.2, -0.15) is 0 Å². The van der Waals surface area contributed by atoms with E-state index in [9.17, 15) is 22.8 Å². The Balaban J connectivity index is 1.59. The van der Waals surface area contributed by atoms with Crippen molar-refractivity contribution < 1.29 is 22.8 Å². The van der Waals surface area contributed by atoms with Gasteiger partial charge in [-0.25, -0.2) is 18.0 Å². The zero-order chi connectivity index (χ0) is 23.5. The number of rotatable bonds is 5. The molecule has 33 heavy (non-hydrogen) atoms. The lowest BCUT2D eigenvalue weighted by atomic mass is 10.1. The smallest absolute Gasteiger partial charge is 0.320 e. The quantitative estimate of drug-likeness (QED) is 0.555. The molecule has 1 aliphatic rings. The molecule has 8 heteroatoms. The van der Waals surface area contributed by atoms with Crippen LogP contribution in [0, 0.1) is 24.4 Å². The van der Waals surface area contributed by atoms with Crippen molar-refractivity contribution >= 4 is 23.3 Å². The molecule has 5 nitrogen and oxygen atoms in total. The summed E-state index contributed by atoms with van der Waals surface area (Å²) in [5, 5.41) is 2.79. The van der Waals surface area contributed by atoms with Gasteiger partial charge in [-0.1, -0.05) is 12.1 Å². The van der Waals surface area contributed by atoms with Crippen LogP contribution in [0.15, 0.2) is 60.7 Å². The standard InChI is InChI=1S/C25H22F3N3O2/c1-16-6-11-23(22(14-16)29-24(32)17-7-9-18(26)10-8-17)31-13-3-12-30(25(31)33)15-19-20(27)4-2-5-21(19)28/h2,4-11,14H,3,12-13,15H2,1H3,(H,29,32). The molecule has 1 N–H and O–H groups in total. The first-order chi connectivity index (χ1) is 15.8. The molecule has 0 saturated carbocycles. The van der Waals surface area contributed by atoms with Crippen molar-refractivity contribution in [3.63, 3.8) is 0 Å². The molecule has 0 spiro atoms. The number of carbonyl (C=O) groups is 2. The Kier molecular flexibility index (Phi) is 6.35. The van der Waals surface area contributed by atoms with Gasteiger partial charge in [0.05, 0.1) is 17.9 Å². The highest BCUT2D eigenvalue weighted by Crippen LogP contribution is 2.31. The van der Waals surface area contributed by atoms with Crippen molar-refractivity contribution in [2.24, 2.45) is 0 Å². The molecule has 3 amide bonds. The Bertz CT molecular complexity index is 1180. The summed E-state index contributed by atoms with van der Waals surface area (Å²) < 4.78 is 41.5. The number of carbonyl (C=O) groups excluding carboxylic acids is 2. The number of amides is 3. The monoisotopic (exact) mass is 453 g/mol. The van der Waals surface area contributed by atoms with Crippen molar-refractivity contribution in [1.82, 2.24) is 4.90 Å². The fourth-order valence-corrected chi connectivity index (χ4v) is 3.81. The van der Waals surface area contributed by atoms with Gasteiger partial charge in [0.15, 0.2) is 0 Å². The Morgan fingerprint density at radius 3 is 2.36 bits per heavy atom. The van der Waals surface area contributed by atoms with Gasteiger partial charge in [0, 0.05) is 24.2 Å². The third-order valence-corrected chi connectivity index (χ3v) is 5.52. The molecule has 0 atom stereocenters. The molecule has 1 aliphatic heterocycles. The number of halogens is 3. The predicted octanol–water partition coefficient (Wildman–Crippen LogP) is 5.50. The molecule has 1 saturated heterocycles. The van der Waals surface area contributed by atoms with Crippen LogP contribution in [0.4, 0.5) is 29.3 Å². The minimum absolute atomic E-state index is 0.165. The third-order valence-electron chi connectivity index (χ3n) is 5.52. The van der Waals surface area contributed by atoms with E-state index in [0.29, 0.717) is 30.9 Å². The Labute approximate surface area is 189 Å². The molecule has 0 bridgehead atoms. The Hall–Kier alpha value is -3.81. The minimum atomic E-state index is -0.706. The summed E-state index contributed by atoms with van der Waals surface area (Å²) >= 11 is 0. The van der Waals surface area contributed by atoms with Gasteiger partial charge in [-0.05, 0) is 67.4 Å². The van der Waals surface area contributed by atoms with Gasteiger partial charge >= 0.3 is 6.03 Å². The number of aryl methyl sites for hydroxylation is 1. The molecular weight excluding hydrogens is 431 g/mol. The van der Waals surface area contributed by atoms with E-state index in [2.05, 4.69) is 5.32 Å². The average molecular weight is 453 g/mol. The van der Waals surface area contributed by atoms with E-state index in [1.807, 2.05) is 13.0 Å². The van der Waals surface area contributed by atoms with E-state index >= 15 is 0 Å². The van der Waals surface area contributed by atoms with Crippen molar-refractivity contribution in [1.29, 1.82) is 0 Å². The van der Waals surface area contributed by atoms with Crippen LogP contribution in [-0.4, -0.2) is 29.9 Å². The average Bonchev–Trinajstić information content (AvgIpc) is 2.78. The number of nitrogens with zero attached hydrogens (tertiary/aromatic N) is 2. The number of nitrogens with one attached hydrogen (secondary N) is 1. The van der Waals surface area contributed by atoms with Crippen molar-refractivity contribution in [2.45, 2.75) is 19.9 Å². The van der Waals surface area contributed by atoms with Crippen LogP contribution in [0.1, 0.15) is 27.9 Å². The van der Waals surface area contributed by atoms with E-state index in [1.165, 1.54) is 40.1 Å². The number of benzene rings is 3. The maximum Gasteiger partial charge on any atom is 0.324 e. The molecule has 0 aliphatic carbocycles. The highest BCUT2D eigenvalue weighted by atomic mass is 19.1. The molecule has 0 aromatic heterocycles. The fourth-order valence-electron chi connectivity index (χ4n) is 3.81. The summed E-state index contributed by atoms with van der Waals surface area (Å²) in [5.41, 5.74) is 1.85. The molecule has 4 rings (SSSR count). The predicted molar refractivity (Wildman–Crippen MR) is 120 cm³/mol. The number of hydrogen-bond donors (Lipinski definition) is 1. The molecule has 170 valence electrons.